The van der Waals surface area contributed by atoms with E-state index in [4.69, 9.17) is 5.73 Å². The minimum Gasteiger partial charge on any atom is -0.370 e. The van der Waals surface area contributed by atoms with Gasteiger partial charge in [0.25, 0.3) is 0 Å². The Labute approximate surface area is 89.1 Å². The number of hydrogen-bond acceptors (Lipinski definition) is 4. The third kappa shape index (κ3) is 4.39. The Morgan fingerprint density at radius 2 is 2.33 bits per heavy atom. The second-order valence-electron chi connectivity index (χ2n) is 3.24. The molecule has 0 fully saturated rings. The zero-order chi connectivity index (χ0) is 11.1. The summed E-state index contributed by atoms with van der Waals surface area (Å²) in [6.45, 7) is 2.74. The number of primary amides is 1. The van der Waals surface area contributed by atoms with E-state index in [2.05, 4.69) is 15.3 Å². The van der Waals surface area contributed by atoms with Crippen molar-refractivity contribution < 1.29 is 4.79 Å². The Hall–Kier alpha value is -1.65. The first kappa shape index (κ1) is 11.4. The largest absolute Gasteiger partial charge is 0.370 e. The number of aryl methyl sites for hydroxylation is 1. The Kier molecular flexibility index (Phi) is 4.53. The van der Waals surface area contributed by atoms with E-state index in [9.17, 15) is 4.79 Å². The predicted molar refractivity (Wildman–Crippen MR) is 58.3 cm³/mol. The number of aromatic nitrogens is 2. The van der Waals surface area contributed by atoms with Gasteiger partial charge in [-0.2, -0.15) is 0 Å². The van der Waals surface area contributed by atoms with E-state index in [0.29, 0.717) is 13.0 Å². The molecule has 0 bridgehead atoms. The fraction of sp³-hybridized carbons (Fsp3) is 0.500. The van der Waals surface area contributed by atoms with Crippen LogP contribution in [0.15, 0.2) is 12.4 Å². The monoisotopic (exact) mass is 208 g/mol. The molecule has 1 rings (SSSR count). The lowest BCUT2D eigenvalue weighted by Crippen LogP contribution is -2.13. The fourth-order valence-electron chi connectivity index (χ4n) is 1.17. The van der Waals surface area contributed by atoms with E-state index in [1.807, 2.05) is 13.0 Å². The van der Waals surface area contributed by atoms with Crippen LogP contribution in [0.3, 0.4) is 0 Å². The topological polar surface area (TPSA) is 80.9 Å². The summed E-state index contributed by atoms with van der Waals surface area (Å²) in [7, 11) is 0. The minimum absolute atomic E-state index is 0.270. The van der Waals surface area contributed by atoms with Gasteiger partial charge in [-0.1, -0.05) is 6.92 Å². The van der Waals surface area contributed by atoms with Crippen molar-refractivity contribution in [1.29, 1.82) is 0 Å². The highest BCUT2D eigenvalue weighted by Crippen LogP contribution is 2.04. The normalized spacial score (nSPS) is 9.93. The van der Waals surface area contributed by atoms with Crippen molar-refractivity contribution in [1.82, 2.24) is 9.97 Å². The lowest BCUT2D eigenvalue weighted by molar-refractivity contribution is -0.118. The van der Waals surface area contributed by atoms with Crippen LogP contribution in [-0.4, -0.2) is 22.4 Å². The summed E-state index contributed by atoms with van der Waals surface area (Å²) in [5.74, 6) is 0.528. The summed E-state index contributed by atoms with van der Waals surface area (Å²) in [5.41, 5.74) is 6.03. The van der Waals surface area contributed by atoms with Crippen LogP contribution in [-0.2, 0) is 11.2 Å². The van der Waals surface area contributed by atoms with Gasteiger partial charge in [0.15, 0.2) is 0 Å². The summed E-state index contributed by atoms with van der Waals surface area (Å²) in [6, 6.07) is 1.91. The quantitative estimate of drug-likeness (QED) is 0.675. The lowest BCUT2D eigenvalue weighted by atomic mass is 10.3. The summed E-state index contributed by atoms with van der Waals surface area (Å²) in [4.78, 5) is 18.6. The Morgan fingerprint density at radius 1 is 1.53 bits per heavy atom. The highest BCUT2D eigenvalue weighted by atomic mass is 16.1. The van der Waals surface area contributed by atoms with Gasteiger partial charge in [0.1, 0.15) is 12.1 Å². The highest BCUT2D eigenvalue weighted by Gasteiger charge is 1.97. The first-order chi connectivity index (χ1) is 7.22. The van der Waals surface area contributed by atoms with E-state index in [1.165, 1.54) is 6.33 Å². The standard InChI is InChI=1S/C10H16N4O/c1-2-8-6-10(14-7-13-8)12-5-3-4-9(11)15/h6-7H,2-5H2,1H3,(H2,11,15)(H,12,13,14). The number of hydrogen-bond donors (Lipinski definition) is 2. The predicted octanol–water partition coefficient (Wildman–Crippen LogP) is 0.716. The van der Waals surface area contributed by atoms with Crippen molar-refractivity contribution >= 4 is 11.7 Å². The van der Waals surface area contributed by atoms with Crippen LogP contribution >= 0.6 is 0 Å². The Morgan fingerprint density at radius 3 is 3.00 bits per heavy atom. The smallest absolute Gasteiger partial charge is 0.217 e. The van der Waals surface area contributed by atoms with E-state index in [-0.39, 0.29) is 5.91 Å². The number of nitrogens with one attached hydrogen (secondary N) is 1. The van der Waals surface area contributed by atoms with E-state index in [1.54, 1.807) is 0 Å². The van der Waals surface area contributed by atoms with Gasteiger partial charge in [0.2, 0.25) is 5.91 Å². The van der Waals surface area contributed by atoms with Crippen molar-refractivity contribution in [2.45, 2.75) is 26.2 Å². The zero-order valence-corrected chi connectivity index (χ0v) is 8.86. The van der Waals surface area contributed by atoms with Gasteiger partial charge in [-0.05, 0) is 12.8 Å². The molecule has 0 saturated carbocycles. The Balaban J connectivity index is 2.33. The molecule has 3 N–H and O–H groups in total. The van der Waals surface area contributed by atoms with Gasteiger partial charge in [-0.25, -0.2) is 9.97 Å². The summed E-state index contributed by atoms with van der Waals surface area (Å²) >= 11 is 0. The third-order valence-electron chi connectivity index (χ3n) is 1.99. The molecule has 5 nitrogen and oxygen atoms in total. The summed E-state index contributed by atoms with van der Waals surface area (Å²) in [5, 5.41) is 3.12. The molecule has 5 heteroatoms. The summed E-state index contributed by atoms with van der Waals surface area (Å²) in [6.07, 6.45) is 3.55. The van der Waals surface area contributed by atoms with Crippen molar-refractivity contribution in [3.05, 3.63) is 18.1 Å². The lowest BCUT2D eigenvalue weighted by Gasteiger charge is -2.04. The minimum atomic E-state index is -0.270. The second kappa shape index (κ2) is 5.95. The molecule has 0 aliphatic carbocycles. The zero-order valence-electron chi connectivity index (χ0n) is 8.86. The number of carbonyl (C=O) groups is 1. The van der Waals surface area contributed by atoms with Crippen LogP contribution in [0.4, 0.5) is 5.82 Å². The molecular formula is C10H16N4O. The van der Waals surface area contributed by atoms with Gasteiger partial charge in [-0.15, -0.1) is 0 Å². The number of anilines is 1. The van der Waals surface area contributed by atoms with Gasteiger partial charge in [0, 0.05) is 24.7 Å². The molecule has 0 spiro atoms. The van der Waals surface area contributed by atoms with Crippen molar-refractivity contribution in [3.63, 3.8) is 0 Å². The third-order valence-corrected chi connectivity index (χ3v) is 1.99. The summed E-state index contributed by atoms with van der Waals surface area (Å²) < 4.78 is 0. The number of nitrogens with zero attached hydrogens (tertiary/aromatic N) is 2. The molecule has 0 radical (unpaired) electrons. The van der Waals surface area contributed by atoms with Crippen LogP contribution in [0.25, 0.3) is 0 Å². The van der Waals surface area contributed by atoms with Crippen LogP contribution in [0, 0.1) is 0 Å². The molecule has 0 aromatic carbocycles. The molecular weight excluding hydrogens is 192 g/mol. The molecule has 0 aliphatic heterocycles. The Bertz CT molecular complexity index is 327. The molecule has 1 aromatic rings. The molecule has 0 atom stereocenters. The maximum atomic E-state index is 10.5. The number of amides is 1. The van der Waals surface area contributed by atoms with Gasteiger partial charge >= 0.3 is 0 Å². The molecule has 82 valence electrons. The molecule has 1 heterocycles. The number of carbonyl (C=O) groups excluding carboxylic acids is 1. The van der Waals surface area contributed by atoms with Crippen LogP contribution in [0.2, 0.25) is 0 Å². The van der Waals surface area contributed by atoms with Crippen LogP contribution in [0.5, 0.6) is 0 Å². The maximum Gasteiger partial charge on any atom is 0.217 e. The maximum absolute atomic E-state index is 10.5. The van der Waals surface area contributed by atoms with E-state index < -0.39 is 0 Å². The average Bonchev–Trinajstić information content (AvgIpc) is 2.24. The van der Waals surface area contributed by atoms with Gasteiger partial charge in [-0.3, -0.25) is 4.79 Å². The van der Waals surface area contributed by atoms with Crippen LogP contribution in [0.1, 0.15) is 25.5 Å². The van der Waals surface area contributed by atoms with Crippen LogP contribution < -0.4 is 11.1 Å². The SMILES string of the molecule is CCc1cc(NCCCC(N)=O)ncn1. The number of rotatable bonds is 6. The molecule has 0 aliphatic rings. The van der Waals surface area contributed by atoms with Gasteiger partial charge < -0.3 is 11.1 Å². The molecule has 1 aromatic heterocycles. The second-order valence-corrected chi connectivity index (χ2v) is 3.24. The number of nitrogens with two attached hydrogens (primary N) is 1. The van der Waals surface area contributed by atoms with Crippen molar-refractivity contribution in [2.24, 2.45) is 5.73 Å². The van der Waals surface area contributed by atoms with E-state index >= 15 is 0 Å². The molecule has 15 heavy (non-hydrogen) atoms. The van der Waals surface area contributed by atoms with E-state index in [0.717, 1.165) is 24.4 Å². The van der Waals surface area contributed by atoms with Crippen molar-refractivity contribution in [2.75, 3.05) is 11.9 Å². The first-order valence-corrected chi connectivity index (χ1v) is 5.05. The highest BCUT2D eigenvalue weighted by molar-refractivity contribution is 5.73. The molecule has 0 unspecified atom stereocenters. The van der Waals surface area contributed by atoms with Gasteiger partial charge in [0.05, 0.1) is 0 Å². The average molecular weight is 208 g/mol. The molecule has 1 amide bonds. The molecule has 0 saturated heterocycles. The fourth-order valence-corrected chi connectivity index (χ4v) is 1.17. The van der Waals surface area contributed by atoms with Crippen molar-refractivity contribution in [3.8, 4) is 0 Å². The first-order valence-electron chi connectivity index (χ1n) is 5.05.